The van der Waals surface area contributed by atoms with Gasteiger partial charge in [-0.05, 0) is 34.9 Å². The summed E-state index contributed by atoms with van der Waals surface area (Å²) in [6, 6.07) is 32.1. The molecule has 0 saturated carbocycles. The van der Waals surface area contributed by atoms with Gasteiger partial charge in [0, 0.05) is 0 Å². The van der Waals surface area contributed by atoms with Crippen molar-refractivity contribution in [3.63, 3.8) is 0 Å². The molecule has 0 heterocycles. The predicted octanol–water partition coefficient (Wildman–Crippen LogP) is 7.46. The molecule has 152 valence electrons. The molecule has 3 aromatic carbocycles. The van der Waals surface area contributed by atoms with Gasteiger partial charge in [0.05, 0.1) is 6.10 Å². The van der Waals surface area contributed by atoms with Crippen LogP contribution in [-0.4, -0.2) is 6.10 Å². The number of rotatable bonds is 9. The minimum atomic E-state index is -0.638. The highest BCUT2D eigenvalue weighted by atomic mass is 16.5. The molecule has 0 aliphatic rings. The lowest BCUT2D eigenvalue weighted by atomic mass is 9.79. The molecule has 0 aliphatic heterocycles. The molecular weight excluding hydrogens is 352 g/mol. The van der Waals surface area contributed by atoms with Crippen molar-refractivity contribution in [3.05, 3.63) is 108 Å². The highest BCUT2D eigenvalue weighted by Crippen LogP contribution is 2.43. The van der Waals surface area contributed by atoms with Gasteiger partial charge < -0.3 is 4.74 Å². The van der Waals surface area contributed by atoms with E-state index in [1.165, 1.54) is 23.1 Å². The molecule has 0 saturated heterocycles. The van der Waals surface area contributed by atoms with Crippen molar-refractivity contribution in [2.45, 2.75) is 52.2 Å². The molecule has 2 atom stereocenters. The summed E-state index contributed by atoms with van der Waals surface area (Å²) in [6.45, 7) is 9.15. The molecule has 0 bridgehead atoms. The molecule has 1 nitrogen and oxygen atoms in total. The molecule has 3 rings (SSSR count). The Hall–Kier alpha value is -2.38. The largest absolute Gasteiger partial charge is 0.357 e. The number of ether oxygens (including phenoxy) is 1. The van der Waals surface area contributed by atoms with E-state index in [-0.39, 0.29) is 6.10 Å². The lowest BCUT2D eigenvalue weighted by molar-refractivity contribution is -0.0938. The molecule has 0 amide bonds. The smallest absolute Gasteiger partial charge is 0.144 e. The van der Waals surface area contributed by atoms with Gasteiger partial charge in [-0.15, -0.1) is 0 Å². The molecule has 2 unspecified atom stereocenters. The number of hydrogen-bond acceptors (Lipinski definition) is 1. The first-order valence-corrected chi connectivity index (χ1v) is 10.9. The van der Waals surface area contributed by atoms with E-state index in [1.807, 2.05) is 0 Å². The average Bonchev–Trinajstić information content (AvgIpc) is 2.76. The van der Waals surface area contributed by atoms with E-state index < -0.39 is 5.60 Å². The first kappa shape index (κ1) is 21.3. The minimum absolute atomic E-state index is 0.149. The molecule has 3 aromatic rings. The molecule has 0 aromatic heterocycles. The first-order valence-electron chi connectivity index (χ1n) is 10.9. The maximum absolute atomic E-state index is 7.27. The van der Waals surface area contributed by atoms with E-state index in [2.05, 4.69) is 119 Å². The summed E-state index contributed by atoms with van der Waals surface area (Å²) in [6.07, 6.45) is 2.48. The zero-order valence-corrected chi connectivity index (χ0v) is 18.2. The van der Waals surface area contributed by atoms with Crippen LogP contribution in [0.15, 0.2) is 91.0 Å². The normalized spacial score (nSPS) is 14.0. The van der Waals surface area contributed by atoms with Crippen LogP contribution in [0.3, 0.4) is 0 Å². The third-order valence-electron chi connectivity index (χ3n) is 5.82. The third kappa shape index (κ3) is 4.62. The van der Waals surface area contributed by atoms with Crippen molar-refractivity contribution in [3.8, 4) is 0 Å². The van der Waals surface area contributed by atoms with Gasteiger partial charge in [0.1, 0.15) is 5.60 Å². The summed E-state index contributed by atoms with van der Waals surface area (Å²) in [5, 5.41) is 0. The van der Waals surface area contributed by atoms with E-state index >= 15 is 0 Å². The summed E-state index contributed by atoms with van der Waals surface area (Å²) in [5.41, 5.74) is 2.88. The Bertz CT molecular complexity index is 743. The van der Waals surface area contributed by atoms with Gasteiger partial charge >= 0.3 is 0 Å². The summed E-state index contributed by atoms with van der Waals surface area (Å²) in [4.78, 5) is 0. The maximum atomic E-state index is 7.27. The zero-order valence-electron chi connectivity index (χ0n) is 18.2. The quantitative estimate of drug-likeness (QED) is 0.347. The Kier molecular flexibility index (Phi) is 7.28. The van der Waals surface area contributed by atoms with Gasteiger partial charge in [-0.2, -0.15) is 0 Å². The van der Waals surface area contributed by atoms with E-state index in [4.69, 9.17) is 4.74 Å². The molecule has 0 aliphatic carbocycles. The highest BCUT2D eigenvalue weighted by molar-refractivity contribution is 5.47. The second-order valence-electron chi connectivity index (χ2n) is 8.37. The standard InChI is InChI=1S/C28H34O/c1-5-15-23(4)27(22(2)3)29-28(24-16-9-6-10-17-24,25-18-11-7-12-19-25)26-20-13-8-14-21-26/h6-14,16-23,27H,5,15H2,1-4H3. The van der Waals surface area contributed by atoms with Crippen molar-refractivity contribution in [1.82, 2.24) is 0 Å². The monoisotopic (exact) mass is 386 g/mol. The minimum Gasteiger partial charge on any atom is -0.357 e. The molecule has 0 fully saturated rings. The maximum Gasteiger partial charge on any atom is 0.144 e. The van der Waals surface area contributed by atoms with Crippen LogP contribution in [0.2, 0.25) is 0 Å². The second kappa shape index (κ2) is 9.89. The van der Waals surface area contributed by atoms with Gasteiger partial charge in [-0.25, -0.2) is 0 Å². The van der Waals surface area contributed by atoms with Crippen molar-refractivity contribution in [2.75, 3.05) is 0 Å². The fraction of sp³-hybridized carbons (Fsp3) is 0.357. The highest BCUT2D eigenvalue weighted by Gasteiger charge is 2.41. The SMILES string of the molecule is CCCC(C)C(OC(c1ccccc1)(c1ccccc1)c1ccccc1)C(C)C. The number of benzene rings is 3. The molecule has 1 heteroatoms. The Labute approximate surface area is 176 Å². The van der Waals surface area contributed by atoms with E-state index in [0.29, 0.717) is 11.8 Å². The van der Waals surface area contributed by atoms with Crippen molar-refractivity contribution in [1.29, 1.82) is 0 Å². The second-order valence-corrected chi connectivity index (χ2v) is 8.37. The summed E-state index contributed by atoms with van der Waals surface area (Å²) in [5.74, 6) is 0.905. The Morgan fingerprint density at radius 3 is 1.34 bits per heavy atom. The van der Waals surface area contributed by atoms with Crippen LogP contribution >= 0.6 is 0 Å². The fourth-order valence-electron chi connectivity index (χ4n) is 4.46. The lowest BCUT2D eigenvalue weighted by Gasteiger charge is -2.42. The van der Waals surface area contributed by atoms with Crippen LogP contribution in [0.1, 0.15) is 57.2 Å². The van der Waals surface area contributed by atoms with Crippen LogP contribution in [0.4, 0.5) is 0 Å². The topological polar surface area (TPSA) is 9.23 Å². The molecule has 0 N–H and O–H groups in total. The Balaban J connectivity index is 2.24. The first-order chi connectivity index (χ1) is 14.1. The van der Waals surface area contributed by atoms with Crippen LogP contribution in [0.25, 0.3) is 0 Å². The van der Waals surface area contributed by atoms with Crippen molar-refractivity contribution in [2.24, 2.45) is 11.8 Å². The van der Waals surface area contributed by atoms with Crippen LogP contribution in [-0.2, 0) is 10.3 Å². The van der Waals surface area contributed by atoms with Gasteiger partial charge in [-0.1, -0.05) is 125 Å². The molecular formula is C28H34O. The van der Waals surface area contributed by atoms with Gasteiger partial charge in [0.2, 0.25) is 0 Å². The Morgan fingerprint density at radius 2 is 1.03 bits per heavy atom. The van der Waals surface area contributed by atoms with E-state index in [1.54, 1.807) is 0 Å². The average molecular weight is 387 g/mol. The van der Waals surface area contributed by atoms with Crippen LogP contribution < -0.4 is 0 Å². The zero-order chi connectivity index (χ0) is 20.7. The summed E-state index contributed by atoms with van der Waals surface area (Å²) >= 11 is 0. The van der Waals surface area contributed by atoms with Gasteiger partial charge in [0.25, 0.3) is 0 Å². The summed E-state index contributed by atoms with van der Waals surface area (Å²) < 4.78 is 7.27. The Morgan fingerprint density at radius 1 is 0.655 bits per heavy atom. The summed E-state index contributed by atoms with van der Waals surface area (Å²) in [7, 11) is 0. The molecule has 0 radical (unpaired) electrons. The predicted molar refractivity (Wildman–Crippen MR) is 123 cm³/mol. The molecule has 0 spiro atoms. The third-order valence-corrected chi connectivity index (χ3v) is 5.82. The van der Waals surface area contributed by atoms with Crippen molar-refractivity contribution < 1.29 is 4.74 Å². The van der Waals surface area contributed by atoms with Gasteiger partial charge in [0.15, 0.2) is 0 Å². The van der Waals surface area contributed by atoms with Crippen LogP contribution in [0.5, 0.6) is 0 Å². The fourth-order valence-corrected chi connectivity index (χ4v) is 4.46. The van der Waals surface area contributed by atoms with E-state index in [0.717, 1.165) is 6.42 Å². The molecule has 29 heavy (non-hydrogen) atoms. The van der Waals surface area contributed by atoms with Gasteiger partial charge in [-0.3, -0.25) is 0 Å². The lowest BCUT2D eigenvalue weighted by Crippen LogP contribution is -2.41. The number of hydrogen-bond donors (Lipinski definition) is 0. The van der Waals surface area contributed by atoms with Crippen LogP contribution in [0, 0.1) is 11.8 Å². The van der Waals surface area contributed by atoms with E-state index in [9.17, 15) is 0 Å². The van der Waals surface area contributed by atoms with Crippen molar-refractivity contribution >= 4 is 0 Å².